The summed E-state index contributed by atoms with van der Waals surface area (Å²) < 4.78 is 1.90. The van der Waals surface area contributed by atoms with Gasteiger partial charge in [-0.3, -0.25) is 9.69 Å². The number of pyridine rings is 1. The first-order valence-corrected chi connectivity index (χ1v) is 10.9. The van der Waals surface area contributed by atoms with E-state index >= 15 is 0 Å². The lowest BCUT2D eigenvalue weighted by atomic mass is 10.2. The zero-order valence-electron chi connectivity index (χ0n) is 17.9. The summed E-state index contributed by atoms with van der Waals surface area (Å²) in [5.74, 6) is 0.840. The molecule has 0 radical (unpaired) electrons. The zero-order valence-corrected chi connectivity index (χ0v) is 18.6. The van der Waals surface area contributed by atoms with Gasteiger partial charge in [0.2, 0.25) is 5.91 Å². The highest BCUT2D eigenvalue weighted by Gasteiger charge is 2.24. The predicted molar refractivity (Wildman–Crippen MR) is 123 cm³/mol. The fourth-order valence-electron chi connectivity index (χ4n) is 4.02. The van der Waals surface area contributed by atoms with Gasteiger partial charge in [-0.2, -0.15) is 5.10 Å². The van der Waals surface area contributed by atoms with Crippen molar-refractivity contribution in [2.75, 3.05) is 37.6 Å². The molecule has 0 atom stereocenters. The van der Waals surface area contributed by atoms with Crippen LogP contribution in [-0.4, -0.2) is 58.3 Å². The van der Waals surface area contributed by atoms with E-state index in [1.54, 1.807) is 6.20 Å². The number of hydrogen-bond acceptors (Lipinski definition) is 5. The van der Waals surface area contributed by atoms with Crippen LogP contribution in [0.25, 0.3) is 5.82 Å². The van der Waals surface area contributed by atoms with Gasteiger partial charge in [0.25, 0.3) is 0 Å². The van der Waals surface area contributed by atoms with Gasteiger partial charge in [0.1, 0.15) is 0 Å². The molecule has 8 heteroatoms. The number of benzene rings is 1. The number of nitrogens with one attached hydrogen (secondary N) is 1. The molecule has 1 amide bonds. The molecule has 0 aliphatic carbocycles. The summed E-state index contributed by atoms with van der Waals surface area (Å²) >= 11 is 6.16. The highest BCUT2D eigenvalue weighted by atomic mass is 35.5. The van der Waals surface area contributed by atoms with Gasteiger partial charge >= 0.3 is 0 Å². The first kappa shape index (κ1) is 21.3. The average molecular weight is 439 g/mol. The van der Waals surface area contributed by atoms with Gasteiger partial charge in [0, 0.05) is 43.9 Å². The number of aromatic nitrogens is 3. The van der Waals surface area contributed by atoms with Crippen molar-refractivity contribution in [3.8, 4) is 5.82 Å². The van der Waals surface area contributed by atoms with E-state index in [0.29, 0.717) is 18.1 Å². The van der Waals surface area contributed by atoms with E-state index in [9.17, 15) is 4.79 Å². The lowest BCUT2D eigenvalue weighted by Crippen LogP contribution is -2.49. The second-order valence-electron chi connectivity index (χ2n) is 7.75. The molecule has 31 heavy (non-hydrogen) atoms. The van der Waals surface area contributed by atoms with Crippen molar-refractivity contribution in [1.29, 1.82) is 0 Å². The molecule has 0 saturated carbocycles. The molecule has 0 spiro atoms. The second kappa shape index (κ2) is 9.49. The third kappa shape index (κ3) is 4.89. The van der Waals surface area contributed by atoms with Crippen molar-refractivity contribution in [2.45, 2.75) is 20.4 Å². The van der Waals surface area contributed by atoms with E-state index in [0.717, 1.165) is 54.6 Å². The van der Waals surface area contributed by atoms with Crippen LogP contribution in [0.5, 0.6) is 0 Å². The van der Waals surface area contributed by atoms with Crippen molar-refractivity contribution in [2.24, 2.45) is 0 Å². The normalized spacial score (nSPS) is 14.6. The molecule has 2 aromatic heterocycles. The maximum atomic E-state index is 12.4. The summed E-state index contributed by atoms with van der Waals surface area (Å²) in [7, 11) is 0. The molecule has 3 heterocycles. The second-order valence-corrected chi connectivity index (χ2v) is 8.16. The van der Waals surface area contributed by atoms with Crippen molar-refractivity contribution in [1.82, 2.24) is 25.0 Å². The maximum Gasteiger partial charge on any atom is 0.234 e. The van der Waals surface area contributed by atoms with E-state index in [1.165, 1.54) is 0 Å². The molecule has 1 aromatic carbocycles. The molecule has 1 saturated heterocycles. The highest BCUT2D eigenvalue weighted by molar-refractivity contribution is 6.31. The topological polar surface area (TPSA) is 66.3 Å². The zero-order chi connectivity index (χ0) is 21.8. The standard InChI is InChI=1S/C23H27ClN6O/c1-17-23(18(2)30(27-17)21-9-5-6-10-25-21)29-13-11-28(12-14-29)16-22(31)26-15-19-7-3-4-8-20(19)24/h3-10H,11-16H2,1-2H3,(H,26,31). The van der Waals surface area contributed by atoms with E-state index in [-0.39, 0.29) is 5.91 Å². The summed E-state index contributed by atoms with van der Waals surface area (Å²) in [6.45, 7) is 8.32. The van der Waals surface area contributed by atoms with Crippen molar-refractivity contribution in [3.63, 3.8) is 0 Å². The number of anilines is 1. The number of carbonyl (C=O) groups is 1. The molecule has 7 nitrogen and oxygen atoms in total. The molecular formula is C23H27ClN6O. The smallest absolute Gasteiger partial charge is 0.234 e. The lowest BCUT2D eigenvalue weighted by molar-refractivity contribution is -0.122. The van der Waals surface area contributed by atoms with Crippen LogP contribution >= 0.6 is 11.6 Å². The Morgan fingerprint density at radius 3 is 2.52 bits per heavy atom. The Hall–Kier alpha value is -2.90. The number of aryl methyl sites for hydroxylation is 1. The van der Waals surface area contributed by atoms with E-state index in [4.69, 9.17) is 16.7 Å². The Bertz CT molecular complexity index is 1040. The van der Waals surface area contributed by atoms with Crippen LogP contribution in [0.3, 0.4) is 0 Å². The van der Waals surface area contributed by atoms with Crippen LogP contribution in [-0.2, 0) is 11.3 Å². The molecule has 1 aliphatic rings. The van der Waals surface area contributed by atoms with Gasteiger partial charge in [0.15, 0.2) is 5.82 Å². The van der Waals surface area contributed by atoms with Crippen LogP contribution in [0.2, 0.25) is 5.02 Å². The Kier molecular flexibility index (Phi) is 6.53. The largest absolute Gasteiger partial charge is 0.366 e. The summed E-state index contributed by atoms with van der Waals surface area (Å²) in [5.41, 5.74) is 4.17. The fourth-order valence-corrected chi connectivity index (χ4v) is 4.22. The molecule has 1 N–H and O–H groups in total. The summed E-state index contributed by atoms with van der Waals surface area (Å²) in [6.07, 6.45) is 1.78. The predicted octanol–water partition coefficient (Wildman–Crippen LogP) is 2.98. The highest BCUT2D eigenvalue weighted by Crippen LogP contribution is 2.27. The minimum atomic E-state index is 0.0173. The lowest BCUT2D eigenvalue weighted by Gasteiger charge is -2.35. The Morgan fingerprint density at radius 1 is 1.06 bits per heavy atom. The number of carbonyl (C=O) groups excluding carboxylic acids is 1. The summed E-state index contributed by atoms with van der Waals surface area (Å²) in [6, 6.07) is 13.4. The van der Waals surface area contributed by atoms with Gasteiger partial charge in [-0.15, -0.1) is 0 Å². The molecule has 0 bridgehead atoms. The average Bonchev–Trinajstić information content (AvgIpc) is 3.08. The Morgan fingerprint density at radius 2 is 1.81 bits per heavy atom. The van der Waals surface area contributed by atoms with Crippen LogP contribution < -0.4 is 10.2 Å². The SMILES string of the molecule is Cc1nn(-c2ccccn2)c(C)c1N1CCN(CC(=O)NCc2ccccc2Cl)CC1. The minimum Gasteiger partial charge on any atom is -0.366 e. The van der Waals surface area contributed by atoms with Gasteiger partial charge in [0.05, 0.1) is 23.6 Å². The maximum absolute atomic E-state index is 12.4. The quantitative estimate of drug-likeness (QED) is 0.641. The fraction of sp³-hybridized carbons (Fsp3) is 0.348. The van der Waals surface area contributed by atoms with E-state index < -0.39 is 0 Å². The monoisotopic (exact) mass is 438 g/mol. The van der Waals surface area contributed by atoms with Gasteiger partial charge in [-0.05, 0) is 37.6 Å². The number of amides is 1. The number of halogens is 1. The first-order valence-electron chi connectivity index (χ1n) is 10.5. The molecule has 1 aliphatic heterocycles. The van der Waals surface area contributed by atoms with Crippen LogP contribution in [0.4, 0.5) is 5.69 Å². The Labute approximate surface area is 187 Å². The number of nitrogens with zero attached hydrogens (tertiary/aromatic N) is 5. The van der Waals surface area contributed by atoms with Gasteiger partial charge in [-0.25, -0.2) is 9.67 Å². The Balaban J connectivity index is 1.32. The van der Waals surface area contributed by atoms with Crippen molar-refractivity contribution in [3.05, 3.63) is 70.6 Å². The molecule has 0 unspecified atom stereocenters. The van der Waals surface area contributed by atoms with Crippen LogP contribution in [0, 0.1) is 13.8 Å². The van der Waals surface area contributed by atoms with Crippen molar-refractivity contribution < 1.29 is 4.79 Å². The molecule has 1 fully saturated rings. The third-order valence-corrected chi connectivity index (χ3v) is 5.98. The van der Waals surface area contributed by atoms with Gasteiger partial charge in [-0.1, -0.05) is 35.9 Å². The van der Waals surface area contributed by atoms with Crippen molar-refractivity contribution >= 4 is 23.2 Å². The summed E-state index contributed by atoms with van der Waals surface area (Å²) in [5, 5.41) is 8.35. The molecular weight excluding hydrogens is 412 g/mol. The van der Waals surface area contributed by atoms with Crippen LogP contribution in [0.15, 0.2) is 48.7 Å². The van der Waals surface area contributed by atoms with E-state index in [1.807, 2.05) is 54.1 Å². The number of hydrogen-bond donors (Lipinski definition) is 1. The minimum absolute atomic E-state index is 0.0173. The van der Waals surface area contributed by atoms with Gasteiger partial charge < -0.3 is 10.2 Å². The number of rotatable bonds is 6. The molecule has 3 aromatic rings. The summed E-state index contributed by atoms with van der Waals surface area (Å²) in [4.78, 5) is 21.3. The van der Waals surface area contributed by atoms with E-state index in [2.05, 4.69) is 27.0 Å². The number of piperazine rings is 1. The molecule has 162 valence electrons. The molecule has 4 rings (SSSR count). The third-order valence-electron chi connectivity index (χ3n) is 5.61. The van der Waals surface area contributed by atoms with Crippen LogP contribution in [0.1, 0.15) is 17.0 Å². The first-order chi connectivity index (χ1) is 15.0.